The second-order valence-electron chi connectivity index (χ2n) is 11.2. The lowest BCUT2D eigenvalue weighted by Gasteiger charge is -2.36. The highest BCUT2D eigenvalue weighted by atomic mass is 32.2. The summed E-state index contributed by atoms with van der Waals surface area (Å²) in [6.45, 7) is 7.10. The molecule has 0 radical (unpaired) electrons. The first kappa shape index (κ1) is 30.6. The lowest BCUT2D eigenvalue weighted by Crippen LogP contribution is -2.22. The highest BCUT2D eigenvalue weighted by Gasteiger charge is 2.30. The van der Waals surface area contributed by atoms with E-state index in [2.05, 4.69) is 77.8 Å². The van der Waals surface area contributed by atoms with Gasteiger partial charge >= 0.3 is 0 Å². The Hall–Kier alpha value is -4.46. The first-order valence-corrected chi connectivity index (χ1v) is 16.9. The van der Waals surface area contributed by atoms with Gasteiger partial charge in [0.2, 0.25) is 0 Å². The number of benzene rings is 5. The van der Waals surface area contributed by atoms with E-state index in [0.29, 0.717) is 12.0 Å². The summed E-state index contributed by atoms with van der Waals surface area (Å²) >= 11 is 3.20. The fourth-order valence-electron chi connectivity index (χ4n) is 6.09. The third-order valence-corrected chi connectivity index (χ3v) is 9.90. The van der Waals surface area contributed by atoms with Crippen LogP contribution in [0.4, 0.5) is 17.1 Å². The standard InChI is InChI=1S/C38H35N3O2S2/c1-24-13-15-27(16-14-24)35-26(3)36-34-22-30(18-17-29(34)23-41(44-4)37(36)25(2)33(35)19-20-42)39-38(43)28-9-8-10-31(21-28)40-45-32-11-6-5-7-12-32/h5-18,20-22,40H,19,23H2,1-4H3,(H,39,43). The van der Waals surface area contributed by atoms with Crippen LogP contribution in [0, 0.1) is 20.8 Å². The van der Waals surface area contributed by atoms with E-state index in [-0.39, 0.29) is 5.91 Å². The van der Waals surface area contributed by atoms with E-state index in [1.165, 1.54) is 23.1 Å². The minimum atomic E-state index is -0.167. The van der Waals surface area contributed by atoms with Crippen LogP contribution in [-0.4, -0.2) is 18.4 Å². The van der Waals surface area contributed by atoms with Crippen molar-refractivity contribution >= 4 is 53.2 Å². The first-order valence-electron chi connectivity index (χ1n) is 14.9. The SMILES string of the molecule is CSN1Cc2ccc(NC(=O)c3cccc(NSc4ccccc4)c3)cc2-c2c(C)c(-c3ccc(C)cc3)c(CC=O)c(C)c21. The lowest BCUT2D eigenvalue weighted by molar-refractivity contribution is -0.107. The average Bonchev–Trinajstić information content (AvgIpc) is 3.06. The minimum absolute atomic E-state index is 0.167. The Kier molecular flexibility index (Phi) is 9.01. The smallest absolute Gasteiger partial charge is 0.255 e. The van der Waals surface area contributed by atoms with Crippen LogP contribution in [0.15, 0.2) is 102 Å². The Balaban J connectivity index is 1.36. The topological polar surface area (TPSA) is 61.4 Å². The minimum Gasteiger partial charge on any atom is -0.326 e. The number of nitrogens with one attached hydrogen (secondary N) is 2. The molecule has 0 unspecified atom stereocenters. The van der Waals surface area contributed by atoms with E-state index in [9.17, 15) is 9.59 Å². The number of aryl methyl sites for hydroxylation is 1. The molecule has 1 aliphatic heterocycles. The number of carbonyl (C=O) groups excluding carboxylic acids is 2. The molecule has 0 fully saturated rings. The summed E-state index contributed by atoms with van der Waals surface area (Å²) in [5, 5.41) is 3.14. The number of amides is 1. The van der Waals surface area contributed by atoms with Crippen molar-refractivity contribution in [1.82, 2.24) is 0 Å². The van der Waals surface area contributed by atoms with E-state index >= 15 is 0 Å². The molecule has 1 amide bonds. The van der Waals surface area contributed by atoms with Crippen LogP contribution in [-0.2, 0) is 17.8 Å². The number of fused-ring (bicyclic) bond motifs is 3. The van der Waals surface area contributed by atoms with Gasteiger partial charge in [-0.1, -0.05) is 72.1 Å². The molecule has 2 N–H and O–H groups in total. The van der Waals surface area contributed by atoms with Crippen LogP contribution in [0.5, 0.6) is 0 Å². The number of hydrogen-bond donors (Lipinski definition) is 2. The van der Waals surface area contributed by atoms with Gasteiger partial charge in [-0.05, 0) is 114 Å². The van der Waals surface area contributed by atoms with Gasteiger partial charge in [0.1, 0.15) is 6.29 Å². The molecular formula is C38H35N3O2S2. The molecule has 0 saturated carbocycles. The molecule has 7 heteroatoms. The number of aldehydes is 1. The predicted molar refractivity (Wildman–Crippen MR) is 191 cm³/mol. The summed E-state index contributed by atoms with van der Waals surface area (Å²) in [6.07, 6.45) is 3.45. The fraction of sp³-hybridized carbons (Fsp3) is 0.158. The van der Waals surface area contributed by atoms with Crippen LogP contribution in [0.3, 0.4) is 0 Å². The van der Waals surface area contributed by atoms with E-state index in [1.807, 2.05) is 60.7 Å². The van der Waals surface area contributed by atoms with Crippen molar-refractivity contribution in [3.05, 3.63) is 130 Å². The van der Waals surface area contributed by atoms with E-state index in [0.717, 1.165) is 73.7 Å². The Morgan fingerprint density at radius 3 is 2.36 bits per heavy atom. The molecule has 0 atom stereocenters. The molecule has 1 aliphatic rings. The summed E-state index contributed by atoms with van der Waals surface area (Å²) in [5.74, 6) is -0.167. The van der Waals surface area contributed by atoms with Gasteiger partial charge in [0, 0.05) is 40.1 Å². The molecule has 5 nitrogen and oxygen atoms in total. The maximum absolute atomic E-state index is 13.5. The zero-order valence-corrected chi connectivity index (χ0v) is 27.4. The number of anilines is 3. The van der Waals surface area contributed by atoms with E-state index in [1.54, 1.807) is 11.9 Å². The molecule has 1 heterocycles. The maximum atomic E-state index is 13.5. The normalized spacial score (nSPS) is 11.9. The van der Waals surface area contributed by atoms with Crippen LogP contribution in [0.1, 0.15) is 38.2 Å². The van der Waals surface area contributed by atoms with Gasteiger partial charge < -0.3 is 19.1 Å². The zero-order valence-electron chi connectivity index (χ0n) is 25.8. The number of rotatable bonds is 9. The maximum Gasteiger partial charge on any atom is 0.255 e. The molecule has 0 bridgehead atoms. The van der Waals surface area contributed by atoms with Crippen LogP contribution in [0.25, 0.3) is 22.3 Å². The van der Waals surface area contributed by atoms with Gasteiger partial charge in [-0.25, -0.2) is 0 Å². The Bertz CT molecular complexity index is 1890. The van der Waals surface area contributed by atoms with Crippen molar-refractivity contribution in [1.29, 1.82) is 0 Å². The Morgan fingerprint density at radius 2 is 1.62 bits per heavy atom. The number of carbonyl (C=O) groups is 2. The zero-order chi connectivity index (χ0) is 31.5. The largest absolute Gasteiger partial charge is 0.326 e. The Labute approximate surface area is 273 Å². The quantitative estimate of drug-likeness (QED) is 0.125. The van der Waals surface area contributed by atoms with Gasteiger partial charge in [-0.2, -0.15) is 0 Å². The van der Waals surface area contributed by atoms with Crippen molar-refractivity contribution in [2.75, 3.05) is 20.6 Å². The molecule has 0 aromatic heterocycles. The first-order chi connectivity index (χ1) is 21.9. The summed E-state index contributed by atoms with van der Waals surface area (Å²) < 4.78 is 5.65. The summed E-state index contributed by atoms with van der Waals surface area (Å²) in [4.78, 5) is 26.5. The molecule has 0 aliphatic carbocycles. The van der Waals surface area contributed by atoms with Crippen LogP contribution >= 0.6 is 23.9 Å². The highest BCUT2D eigenvalue weighted by Crippen LogP contribution is 2.50. The van der Waals surface area contributed by atoms with Crippen molar-refractivity contribution in [2.24, 2.45) is 0 Å². The molecule has 226 valence electrons. The number of nitrogens with zero attached hydrogens (tertiary/aromatic N) is 1. The fourth-order valence-corrected chi connectivity index (χ4v) is 7.42. The average molecular weight is 630 g/mol. The molecule has 45 heavy (non-hydrogen) atoms. The third-order valence-electron chi connectivity index (χ3n) is 8.30. The third kappa shape index (κ3) is 6.23. The Morgan fingerprint density at radius 1 is 0.844 bits per heavy atom. The summed E-state index contributed by atoms with van der Waals surface area (Å²) in [6, 6.07) is 32.3. The molecule has 6 rings (SSSR count). The summed E-state index contributed by atoms with van der Waals surface area (Å²) in [7, 11) is 0. The van der Waals surface area contributed by atoms with Crippen LogP contribution in [0.2, 0.25) is 0 Å². The van der Waals surface area contributed by atoms with E-state index in [4.69, 9.17) is 0 Å². The summed E-state index contributed by atoms with van der Waals surface area (Å²) in [5.41, 5.74) is 13.5. The lowest BCUT2D eigenvalue weighted by atomic mass is 9.81. The second-order valence-corrected chi connectivity index (χ2v) is 12.9. The van der Waals surface area contributed by atoms with Gasteiger partial charge in [0.05, 0.1) is 12.2 Å². The van der Waals surface area contributed by atoms with Gasteiger partial charge in [0.25, 0.3) is 5.91 Å². The van der Waals surface area contributed by atoms with Crippen molar-refractivity contribution < 1.29 is 9.59 Å². The van der Waals surface area contributed by atoms with Crippen molar-refractivity contribution in [2.45, 2.75) is 38.6 Å². The molecule has 0 spiro atoms. The molecule has 5 aromatic carbocycles. The van der Waals surface area contributed by atoms with E-state index < -0.39 is 0 Å². The van der Waals surface area contributed by atoms with Crippen LogP contribution < -0.4 is 14.3 Å². The molecular weight excluding hydrogens is 595 g/mol. The molecule has 0 saturated heterocycles. The predicted octanol–water partition coefficient (Wildman–Crippen LogP) is 9.66. The van der Waals surface area contributed by atoms with Gasteiger partial charge in [-0.15, -0.1) is 0 Å². The molecule has 5 aromatic rings. The number of hydrogen-bond acceptors (Lipinski definition) is 6. The highest BCUT2D eigenvalue weighted by molar-refractivity contribution is 8.00. The van der Waals surface area contributed by atoms with Gasteiger partial charge in [-0.3, -0.25) is 4.79 Å². The second kappa shape index (κ2) is 13.3. The van der Waals surface area contributed by atoms with Gasteiger partial charge in [0.15, 0.2) is 0 Å². The monoisotopic (exact) mass is 629 g/mol. The van der Waals surface area contributed by atoms with Crippen molar-refractivity contribution in [3.63, 3.8) is 0 Å². The van der Waals surface area contributed by atoms with Crippen molar-refractivity contribution in [3.8, 4) is 22.3 Å².